The van der Waals surface area contributed by atoms with Crippen LogP contribution in [0.1, 0.15) is 45.2 Å². The monoisotopic (exact) mass is 385 g/mol. The molecule has 2 aromatic rings. The van der Waals surface area contributed by atoms with Crippen LogP contribution < -0.4 is 5.69 Å². The average molecular weight is 385 g/mol. The molecule has 0 radical (unpaired) electrons. The van der Waals surface area contributed by atoms with E-state index in [0.717, 1.165) is 12.1 Å². The zero-order valence-corrected chi connectivity index (χ0v) is 15.4. The average Bonchev–Trinajstić information content (AvgIpc) is 2.87. The number of halogens is 3. The van der Waals surface area contributed by atoms with Crippen LogP contribution in [0.5, 0.6) is 0 Å². The summed E-state index contributed by atoms with van der Waals surface area (Å²) in [6, 6.07) is 3.04. The van der Waals surface area contributed by atoms with Crippen LogP contribution in [0.4, 0.5) is 18.0 Å². The first-order chi connectivity index (χ1) is 12.5. The van der Waals surface area contributed by atoms with Crippen LogP contribution in [0.25, 0.3) is 11.0 Å². The van der Waals surface area contributed by atoms with E-state index >= 15 is 0 Å². The third-order valence-electron chi connectivity index (χ3n) is 4.53. The highest BCUT2D eigenvalue weighted by Gasteiger charge is 2.32. The molecule has 0 spiro atoms. The molecule has 0 aliphatic carbocycles. The summed E-state index contributed by atoms with van der Waals surface area (Å²) in [5.74, 6) is 0. The number of benzene rings is 1. The zero-order valence-electron chi connectivity index (χ0n) is 15.4. The number of likely N-dealkylation sites (tertiary alicyclic amines) is 1. The van der Waals surface area contributed by atoms with Crippen molar-refractivity contribution in [1.82, 2.24) is 14.5 Å². The number of carbonyl (C=O) groups excluding carboxylic acids is 1. The van der Waals surface area contributed by atoms with Crippen molar-refractivity contribution in [1.29, 1.82) is 0 Å². The van der Waals surface area contributed by atoms with Gasteiger partial charge in [0.1, 0.15) is 5.60 Å². The molecule has 1 aliphatic heterocycles. The second-order valence-corrected chi connectivity index (χ2v) is 7.73. The first kappa shape index (κ1) is 19.3. The Kier molecular flexibility index (Phi) is 4.73. The lowest BCUT2D eigenvalue weighted by Gasteiger charge is -2.33. The highest BCUT2D eigenvalue weighted by atomic mass is 19.4. The van der Waals surface area contributed by atoms with Gasteiger partial charge < -0.3 is 14.6 Å². The molecule has 0 unspecified atom stereocenters. The SMILES string of the molecule is CC(C)(C)OC(=O)N1CCC(n2c(=O)[nH]c3cc(C(F)(F)F)ccc32)CC1. The number of carbonyl (C=O) groups is 1. The Balaban J connectivity index is 1.78. The molecule has 1 aliphatic rings. The molecule has 1 aromatic heterocycles. The van der Waals surface area contributed by atoms with E-state index < -0.39 is 29.1 Å². The van der Waals surface area contributed by atoms with E-state index in [1.165, 1.54) is 10.6 Å². The maximum Gasteiger partial charge on any atom is 0.416 e. The van der Waals surface area contributed by atoms with Gasteiger partial charge in [-0.2, -0.15) is 13.2 Å². The number of hydrogen-bond acceptors (Lipinski definition) is 3. The van der Waals surface area contributed by atoms with Crippen LogP contribution in [0.3, 0.4) is 0 Å². The number of alkyl halides is 3. The van der Waals surface area contributed by atoms with Gasteiger partial charge in [0, 0.05) is 19.1 Å². The molecule has 1 aromatic carbocycles. The molecule has 1 amide bonds. The number of piperidine rings is 1. The van der Waals surface area contributed by atoms with E-state index in [1.54, 1.807) is 25.7 Å². The molecule has 0 atom stereocenters. The Morgan fingerprint density at radius 1 is 1.19 bits per heavy atom. The molecule has 3 rings (SSSR count). The highest BCUT2D eigenvalue weighted by molar-refractivity contribution is 5.76. The molecule has 1 saturated heterocycles. The zero-order chi connectivity index (χ0) is 20.0. The predicted molar refractivity (Wildman–Crippen MR) is 93.6 cm³/mol. The van der Waals surface area contributed by atoms with E-state index in [9.17, 15) is 22.8 Å². The molecule has 148 valence electrons. The minimum atomic E-state index is -4.47. The minimum absolute atomic E-state index is 0.157. The van der Waals surface area contributed by atoms with Gasteiger partial charge in [-0.15, -0.1) is 0 Å². The molecule has 1 N–H and O–H groups in total. The van der Waals surface area contributed by atoms with Crippen molar-refractivity contribution < 1.29 is 22.7 Å². The molecule has 0 bridgehead atoms. The lowest BCUT2D eigenvalue weighted by atomic mass is 10.0. The molecule has 1 fully saturated rings. The van der Waals surface area contributed by atoms with Crippen molar-refractivity contribution in [2.45, 2.75) is 51.4 Å². The standard InChI is InChI=1S/C18H22F3N3O3/c1-17(2,3)27-16(26)23-8-6-12(7-9-23)24-14-5-4-11(18(19,20)21)10-13(14)22-15(24)25/h4-5,10,12H,6-9H2,1-3H3,(H,22,25). The maximum absolute atomic E-state index is 12.9. The van der Waals surface area contributed by atoms with Crippen molar-refractivity contribution in [3.63, 3.8) is 0 Å². The van der Waals surface area contributed by atoms with Crippen LogP contribution in [-0.4, -0.2) is 39.2 Å². The molecular formula is C18H22F3N3O3. The van der Waals surface area contributed by atoms with Crippen molar-refractivity contribution in [3.05, 3.63) is 34.2 Å². The van der Waals surface area contributed by atoms with Crippen molar-refractivity contribution >= 4 is 17.1 Å². The lowest BCUT2D eigenvalue weighted by molar-refractivity contribution is -0.137. The van der Waals surface area contributed by atoms with Gasteiger partial charge in [-0.1, -0.05) is 0 Å². The number of fused-ring (bicyclic) bond motifs is 1. The van der Waals surface area contributed by atoms with Gasteiger partial charge in [0.05, 0.1) is 16.6 Å². The summed E-state index contributed by atoms with van der Waals surface area (Å²) in [6.45, 7) is 6.20. The molecule has 2 heterocycles. The Labute approximate surface area is 153 Å². The second kappa shape index (κ2) is 6.61. The molecule has 9 heteroatoms. The number of nitrogens with zero attached hydrogens (tertiary/aromatic N) is 2. The smallest absolute Gasteiger partial charge is 0.416 e. The fourth-order valence-corrected chi connectivity index (χ4v) is 3.30. The van der Waals surface area contributed by atoms with Crippen LogP contribution in [0.2, 0.25) is 0 Å². The van der Waals surface area contributed by atoms with Gasteiger partial charge in [0.2, 0.25) is 0 Å². The summed E-state index contributed by atoms with van der Waals surface area (Å²) in [7, 11) is 0. The summed E-state index contributed by atoms with van der Waals surface area (Å²) < 4.78 is 45.4. The first-order valence-corrected chi connectivity index (χ1v) is 8.75. The number of hydrogen-bond donors (Lipinski definition) is 1. The Morgan fingerprint density at radius 2 is 1.81 bits per heavy atom. The quantitative estimate of drug-likeness (QED) is 0.809. The second-order valence-electron chi connectivity index (χ2n) is 7.73. The van der Waals surface area contributed by atoms with Crippen LogP contribution in [0, 0.1) is 0 Å². The highest BCUT2D eigenvalue weighted by Crippen LogP contribution is 2.32. The summed E-state index contributed by atoms with van der Waals surface area (Å²) in [5.41, 5.74) is -1.24. The van der Waals surface area contributed by atoms with Gasteiger partial charge >= 0.3 is 18.0 Å². The summed E-state index contributed by atoms with van der Waals surface area (Å²) in [5, 5.41) is 0. The number of ether oxygens (including phenoxy) is 1. The van der Waals surface area contributed by atoms with Crippen LogP contribution >= 0.6 is 0 Å². The van der Waals surface area contributed by atoms with Crippen molar-refractivity contribution in [2.75, 3.05) is 13.1 Å². The van der Waals surface area contributed by atoms with E-state index in [2.05, 4.69) is 4.98 Å². The number of H-pyrrole nitrogens is 1. The summed E-state index contributed by atoms with van der Waals surface area (Å²) >= 11 is 0. The summed E-state index contributed by atoms with van der Waals surface area (Å²) in [6.07, 6.45) is -3.83. The van der Waals surface area contributed by atoms with Gasteiger partial charge in [-0.25, -0.2) is 9.59 Å². The van der Waals surface area contributed by atoms with Gasteiger partial charge in [0.15, 0.2) is 0 Å². The van der Waals surface area contributed by atoms with Crippen LogP contribution in [-0.2, 0) is 10.9 Å². The van der Waals surface area contributed by atoms with Crippen molar-refractivity contribution in [2.24, 2.45) is 0 Å². The minimum Gasteiger partial charge on any atom is -0.444 e. The number of imidazole rings is 1. The van der Waals surface area contributed by atoms with E-state index in [1.807, 2.05) is 0 Å². The molecule has 6 nitrogen and oxygen atoms in total. The van der Waals surface area contributed by atoms with E-state index in [0.29, 0.717) is 31.4 Å². The van der Waals surface area contributed by atoms with Gasteiger partial charge in [-0.05, 0) is 51.8 Å². The van der Waals surface area contributed by atoms with Crippen LogP contribution in [0.15, 0.2) is 23.0 Å². The number of rotatable bonds is 1. The Hall–Kier alpha value is -2.45. The van der Waals surface area contributed by atoms with E-state index in [-0.39, 0.29) is 11.6 Å². The maximum atomic E-state index is 12.9. The fourth-order valence-electron chi connectivity index (χ4n) is 3.30. The topological polar surface area (TPSA) is 67.3 Å². The predicted octanol–water partition coefficient (Wildman–Crippen LogP) is 3.92. The largest absolute Gasteiger partial charge is 0.444 e. The van der Waals surface area contributed by atoms with Crippen molar-refractivity contribution in [3.8, 4) is 0 Å². The van der Waals surface area contributed by atoms with E-state index in [4.69, 9.17) is 4.74 Å². The third kappa shape index (κ3) is 4.12. The molecule has 27 heavy (non-hydrogen) atoms. The summed E-state index contributed by atoms with van der Waals surface area (Å²) in [4.78, 5) is 28.6. The Bertz CT molecular complexity index is 900. The fraction of sp³-hybridized carbons (Fsp3) is 0.556. The number of nitrogens with one attached hydrogen (secondary N) is 1. The molecular weight excluding hydrogens is 363 g/mol. The first-order valence-electron chi connectivity index (χ1n) is 8.75. The third-order valence-corrected chi connectivity index (χ3v) is 4.53. The Morgan fingerprint density at radius 3 is 2.37 bits per heavy atom. The normalized spacial score (nSPS) is 16.7. The number of amides is 1. The molecule has 0 saturated carbocycles. The van der Waals surface area contributed by atoms with Gasteiger partial charge in [0.25, 0.3) is 0 Å². The lowest BCUT2D eigenvalue weighted by Crippen LogP contribution is -2.43. The number of aromatic amines is 1. The number of aromatic nitrogens is 2. The van der Waals surface area contributed by atoms with Gasteiger partial charge in [-0.3, -0.25) is 4.57 Å².